The van der Waals surface area contributed by atoms with E-state index in [0.717, 1.165) is 17.1 Å². The van der Waals surface area contributed by atoms with Gasteiger partial charge in [-0.15, -0.1) is 11.8 Å². The van der Waals surface area contributed by atoms with Crippen molar-refractivity contribution >= 4 is 11.8 Å². The SMILES string of the molecule is Cc1cnc(C2(C)CS2)nc1. The maximum atomic E-state index is 4.28. The Balaban J connectivity index is 2.33. The fraction of sp³-hybridized carbons (Fsp3) is 0.500. The van der Waals surface area contributed by atoms with Crippen molar-refractivity contribution in [2.45, 2.75) is 18.6 Å². The Hall–Kier alpha value is -0.570. The van der Waals surface area contributed by atoms with Gasteiger partial charge in [-0.25, -0.2) is 9.97 Å². The smallest absolute Gasteiger partial charge is 0.144 e. The van der Waals surface area contributed by atoms with Crippen LogP contribution in [-0.2, 0) is 4.75 Å². The van der Waals surface area contributed by atoms with Gasteiger partial charge >= 0.3 is 0 Å². The molecule has 11 heavy (non-hydrogen) atoms. The lowest BCUT2D eigenvalue weighted by atomic mass is 10.2. The molecule has 1 unspecified atom stereocenters. The van der Waals surface area contributed by atoms with Crippen molar-refractivity contribution in [2.75, 3.05) is 5.75 Å². The van der Waals surface area contributed by atoms with Gasteiger partial charge < -0.3 is 0 Å². The largest absolute Gasteiger partial charge is 0.240 e. The number of aryl methyl sites for hydroxylation is 1. The quantitative estimate of drug-likeness (QED) is 0.594. The summed E-state index contributed by atoms with van der Waals surface area (Å²) in [4.78, 5) is 8.56. The van der Waals surface area contributed by atoms with Crippen molar-refractivity contribution < 1.29 is 0 Å². The molecule has 0 saturated carbocycles. The molecule has 0 bridgehead atoms. The van der Waals surface area contributed by atoms with Crippen LogP contribution < -0.4 is 0 Å². The number of hydrogen-bond donors (Lipinski definition) is 0. The molecule has 0 aliphatic carbocycles. The Morgan fingerprint density at radius 3 is 2.45 bits per heavy atom. The molecule has 2 heterocycles. The van der Waals surface area contributed by atoms with Crippen LogP contribution in [0.5, 0.6) is 0 Å². The topological polar surface area (TPSA) is 25.8 Å². The average molecular weight is 166 g/mol. The predicted molar refractivity (Wildman–Crippen MR) is 46.6 cm³/mol. The molecule has 0 N–H and O–H groups in total. The van der Waals surface area contributed by atoms with E-state index >= 15 is 0 Å². The lowest BCUT2D eigenvalue weighted by molar-refractivity contribution is 0.781. The summed E-state index contributed by atoms with van der Waals surface area (Å²) in [5.74, 6) is 2.14. The first kappa shape index (κ1) is 7.10. The highest BCUT2D eigenvalue weighted by atomic mass is 32.2. The Kier molecular flexibility index (Phi) is 1.42. The summed E-state index contributed by atoms with van der Waals surface area (Å²) in [7, 11) is 0. The van der Waals surface area contributed by atoms with Crippen LogP contribution in [0, 0.1) is 6.92 Å². The van der Waals surface area contributed by atoms with Gasteiger partial charge in [-0.2, -0.15) is 0 Å². The summed E-state index contributed by atoms with van der Waals surface area (Å²) >= 11 is 1.90. The summed E-state index contributed by atoms with van der Waals surface area (Å²) < 4.78 is 0.230. The summed E-state index contributed by atoms with van der Waals surface area (Å²) in [5.41, 5.74) is 1.13. The van der Waals surface area contributed by atoms with E-state index in [1.807, 2.05) is 31.1 Å². The summed E-state index contributed by atoms with van der Waals surface area (Å²) in [6, 6.07) is 0. The first-order chi connectivity index (χ1) is 5.21. The summed E-state index contributed by atoms with van der Waals surface area (Å²) in [5, 5.41) is 0. The second-order valence-corrected chi connectivity index (χ2v) is 4.58. The molecular formula is C8H10N2S. The highest BCUT2D eigenvalue weighted by Gasteiger charge is 2.43. The predicted octanol–water partition coefficient (Wildman–Crippen LogP) is 1.75. The molecule has 58 valence electrons. The molecule has 1 fully saturated rings. The molecule has 0 spiro atoms. The molecule has 0 radical (unpaired) electrons. The minimum atomic E-state index is 0.230. The van der Waals surface area contributed by atoms with E-state index in [1.165, 1.54) is 0 Å². The third kappa shape index (κ3) is 1.25. The van der Waals surface area contributed by atoms with E-state index in [4.69, 9.17) is 0 Å². The minimum Gasteiger partial charge on any atom is -0.240 e. The van der Waals surface area contributed by atoms with Crippen LogP contribution in [0.15, 0.2) is 12.4 Å². The van der Waals surface area contributed by atoms with Crippen LogP contribution >= 0.6 is 11.8 Å². The van der Waals surface area contributed by atoms with Crippen LogP contribution in [0.3, 0.4) is 0 Å². The van der Waals surface area contributed by atoms with E-state index in [2.05, 4.69) is 16.9 Å². The normalized spacial score (nSPS) is 28.5. The van der Waals surface area contributed by atoms with Crippen molar-refractivity contribution in [1.82, 2.24) is 9.97 Å². The average Bonchev–Trinajstić information content (AvgIpc) is 2.70. The third-order valence-corrected chi connectivity index (χ3v) is 3.17. The molecule has 1 atom stereocenters. The van der Waals surface area contributed by atoms with E-state index in [-0.39, 0.29) is 4.75 Å². The first-order valence-electron chi connectivity index (χ1n) is 3.64. The monoisotopic (exact) mass is 166 g/mol. The maximum Gasteiger partial charge on any atom is 0.144 e. The van der Waals surface area contributed by atoms with Gasteiger partial charge in [0.1, 0.15) is 5.82 Å². The molecule has 0 amide bonds. The lowest BCUT2D eigenvalue weighted by Gasteiger charge is -2.03. The van der Waals surface area contributed by atoms with Gasteiger partial charge in [0.15, 0.2) is 0 Å². The van der Waals surface area contributed by atoms with Crippen molar-refractivity contribution in [1.29, 1.82) is 0 Å². The maximum absolute atomic E-state index is 4.28. The molecule has 3 heteroatoms. The van der Waals surface area contributed by atoms with Crippen LogP contribution in [0.25, 0.3) is 0 Å². The van der Waals surface area contributed by atoms with Crippen LogP contribution in [0.1, 0.15) is 18.3 Å². The van der Waals surface area contributed by atoms with Crippen molar-refractivity contribution in [2.24, 2.45) is 0 Å². The van der Waals surface area contributed by atoms with Crippen molar-refractivity contribution in [3.05, 3.63) is 23.8 Å². The fourth-order valence-electron chi connectivity index (χ4n) is 0.903. The molecule has 1 aromatic heterocycles. The van der Waals surface area contributed by atoms with E-state index in [1.54, 1.807) is 0 Å². The number of nitrogens with zero attached hydrogens (tertiary/aromatic N) is 2. The zero-order chi connectivity index (χ0) is 7.90. The Morgan fingerprint density at radius 2 is 2.00 bits per heavy atom. The molecule has 1 aliphatic rings. The van der Waals surface area contributed by atoms with E-state index < -0.39 is 0 Å². The van der Waals surface area contributed by atoms with E-state index in [9.17, 15) is 0 Å². The van der Waals surface area contributed by atoms with Crippen molar-refractivity contribution in [3.63, 3.8) is 0 Å². The number of aromatic nitrogens is 2. The zero-order valence-corrected chi connectivity index (χ0v) is 7.48. The molecule has 1 aliphatic heterocycles. The number of rotatable bonds is 1. The van der Waals surface area contributed by atoms with Crippen LogP contribution in [0.4, 0.5) is 0 Å². The molecular weight excluding hydrogens is 156 g/mol. The Labute approximate surface area is 70.4 Å². The standard InChI is InChI=1S/C8H10N2S/c1-6-3-9-7(10-4-6)8(2)5-11-8/h3-4H,5H2,1-2H3. The Morgan fingerprint density at radius 1 is 1.45 bits per heavy atom. The zero-order valence-electron chi connectivity index (χ0n) is 6.66. The van der Waals surface area contributed by atoms with Crippen LogP contribution in [-0.4, -0.2) is 15.7 Å². The summed E-state index contributed by atoms with van der Waals surface area (Å²) in [6.07, 6.45) is 3.76. The van der Waals surface area contributed by atoms with Crippen LogP contribution in [0.2, 0.25) is 0 Å². The molecule has 2 rings (SSSR count). The minimum absolute atomic E-state index is 0.230. The number of thioether (sulfide) groups is 1. The second-order valence-electron chi connectivity index (χ2n) is 3.10. The van der Waals surface area contributed by atoms with Gasteiger partial charge in [0, 0.05) is 18.1 Å². The van der Waals surface area contributed by atoms with Crippen molar-refractivity contribution in [3.8, 4) is 0 Å². The first-order valence-corrected chi connectivity index (χ1v) is 4.62. The summed E-state index contributed by atoms with van der Waals surface area (Å²) in [6.45, 7) is 4.19. The van der Waals surface area contributed by atoms with Gasteiger partial charge in [-0.1, -0.05) is 0 Å². The van der Waals surface area contributed by atoms with Gasteiger partial charge in [-0.05, 0) is 19.4 Å². The van der Waals surface area contributed by atoms with E-state index in [0.29, 0.717) is 0 Å². The van der Waals surface area contributed by atoms with Gasteiger partial charge in [0.05, 0.1) is 4.75 Å². The van der Waals surface area contributed by atoms with Gasteiger partial charge in [0.2, 0.25) is 0 Å². The molecule has 1 aromatic rings. The molecule has 1 saturated heterocycles. The lowest BCUT2D eigenvalue weighted by Crippen LogP contribution is -2.06. The molecule has 0 aromatic carbocycles. The number of hydrogen-bond acceptors (Lipinski definition) is 3. The van der Waals surface area contributed by atoms with Gasteiger partial charge in [0.25, 0.3) is 0 Å². The van der Waals surface area contributed by atoms with Gasteiger partial charge in [-0.3, -0.25) is 0 Å². The third-order valence-electron chi connectivity index (χ3n) is 1.83. The second kappa shape index (κ2) is 2.21. The fourth-order valence-corrected chi connectivity index (χ4v) is 1.48. The highest BCUT2D eigenvalue weighted by Crippen LogP contribution is 2.51. The highest BCUT2D eigenvalue weighted by molar-refractivity contribution is 8.07. The molecule has 2 nitrogen and oxygen atoms in total. The Bertz CT molecular complexity index is 264.